The molecule has 144 valence electrons. The monoisotopic (exact) mass is 371 g/mol. The van der Waals surface area contributed by atoms with Crippen LogP contribution in [0.15, 0.2) is 28.8 Å². The van der Waals surface area contributed by atoms with Gasteiger partial charge in [-0.05, 0) is 37.1 Å². The average molecular weight is 371 g/mol. The first-order chi connectivity index (χ1) is 13.2. The molecule has 1 saturated heterocycles. The first-order valence-electron chi connectivity index (χ1n) is 9.56. The molecule has 0 radical (unpaired) electrons. The summed E-state index contributed by atoms with van der Waals surface area (Å²) in [6.07, 6.45) is 5.33. The van der Waals surface area contributed by atoms with Gasteiger partial charge in [0.15, 0.2) is 0 Å². The Kier molecular flexibility index (Phi) is 5.11. The maximum absolute atomic E-state index is 12.6. The van der Waals surface area contributed by atoms with Gasteiger partial charge >= 0.3 is 0 Å². The van der Waals surface area contributed by atoms with E-state index >= 15 is 0 Å². The fourth-order valence-corrected chi connectivity index (χ4v) is 3.97. The number of carbonyl (C=O) groups excluding carboxylic acids is 1. The normalized spacial score (nSPS) is 18.8. The largest absolute Gasteiger partial charge is 0.497 e. The van der Waals surface area contributed by atoms with Crippen LogP contribution in [0.1, 0.15) is 38.0 Å². The quantitative estimate of drug-likeness (QED) is 0.804. The second-order valence-corrected chi connectivity index (χ2v) is 7.29. The molecule has 27 heavy (non-hydrogen) atoms. The van der Waals surface area contributed by atoms with Gasteiger partial charge in [0.25, 0.3) is 0 Å². The Hall–Kier alpha value is -2.41. The predicted molar refractivity (Wildman–Crippen MR) is 98.3 cm³/mol. The number of rotatable bonds is 5. The highest BCUT2D eigenvalue weighted by Gasteiger charge is 2.40. The second kappa shape index (κ2) is 7.68. The highest BCUT2D eigenvalue weighted by atomic mass is 16.5. The third-order valence-corrected chi connectivity index (χ3v) is 5.48. The number of aromatic nitrogens is 2. The number of nitrogens with zero attached hydrogens (tertiary/aromatic N) is 3. The molecule has 1 amide bonds. The van der Waals surface area contributed by atoms with Gasteiger partial charge in [-0.1, -0.05) is 18.0 Å². The molecular formula is C20H25N3O4. The third kappa shape index (κ3) is 3.98. The van der Waals surface area contributed by atoms with Crippen LogP contribution >= 0.6 is 0 Å². The van der Waals surface area contributed by atoms with Crippen molar-refractivity contribution in [2.24, 2.45) is 0 Å². The number of hydrogen-bond donors (Lipinski definition) is 0. The predicted octanol–water partition coefficient (Wildman–Crippen LogP) is 2.85. The number of morpholine rings is 1. The summed E-state index contributed by atoms with van der Waals surface area (Å²) in [5, 5.41) is 4.02. The fraction of sp³-hybridized carbons (Fsp3) is 0.550. The molecule has 7 heteroatoms. The van der Waals surface area contributed by atoms with Crippen molar-refractivity contribution in [1.82, 2.24) is 15.0 Å². The molecule has 0 unspecified atom stereocenters. The van der Waals surface area contributed by atoms with E-state index in [9.17, 15) is 4.79 Å². The molecule has 1 aliphatic heterocycles. The van der Waals surface area contributed by atoms with E-state index in [0.717, 1.165) is 24.2 Å². The zero-order valence-corrected chi connectivity index (χ0v) is 15.6. The van der Waals surface area contributed by atoms with Gasteiger partial charge in [0.05, 0.1) is 19.3 Å². The Labute approximate surface area is 158 Å². The number of methoxy groups -OCH3 is 1. The molecule has 1 aromatic heterocycles. The molecule has 2 aromatic rings. The molecule has 1 saturated carbocycles. The minimum absolute atomic E-state index is 0.0973. The molecule has 4 rings (SSSR count). The Balaban J connectivity index is 1.33. The van der Waals surface area contributed by atoms with Crippen molar-refractivity contribution in [3.05, 3.63) is 30.2 Å². The molecule has 0 N–H and O–H groups in total. The van der Waals surface area contributed by atoms with Crippen LogP contribution < -0.4 is 4.74 Å². The van der Waals surface area contributed by atoms with Crippen molar-refractivity contribution in [3.63, 3.8) is 0 Å². The fourth-order valence-electron chi connectivity index (χ4n) is 3.97. The Morgan fingerprint density at radius 1 is 1.26 bits per heavy atom. The summed E-state index contributed by atoms with van der Waals surface area (Å²) in [6, 6.07) is 7.47. The van der Waals surface area contributed by atoms with Crippen LogP contribution in [-0.4, -0.2) is 53.4 Å². The first kappa shape index (κ1) is 18.0. The van der Waals surface area contributed by atoms with Gasteiger partial charge in [-0.15, -0.1) is 0 Å². The molecule has 2 heterocycles. The Morgan fingerprint density at radius 2 is 2.04 bits per heavy atom. The van der Waals surface area contributed by atoms with Crippen molar-refractivity contribution in [1.29, 1.82) is 0 Å². The standard InChI is InChI=1S/C20H25N3O4/c1-25-16-6-4-15(5-7-16)19-21-17(27-22-19)8-9-18(24)23-12-13-26-20(14-23)10-2-3-11-20/h4-7H,2-3,8-14H2,1H3. The van der Waals surface area contributed by atoms with Gasteiger partial charge in [-0.2, -0.15) is 4.98 Å². The molecule has 0 bridgehead atoms. The van der Waals surface area contributed by atoms with E-state index in [4.69, 9.17) is 14.0 Å². The summed E-state index contributed by atoms with van der Waals surface area (Å²) in [5.74, 6) is 1.92. The van der Waals surface area contributed by atoms with Crippen LogP contribution in [0.2, 0.25) is 0 Å². The molecule has 0 atom stereocenters. The lowest BCUT2D eigenvalue weighted by Crippen LogP contribution is -2.52. The van der Waals surface area contributed by atoms with Crippen LogP contribution in [0, 0.1) is 0 Å². The van der Waals surface area contributed by atoms with Gasteiger partial charge in [0, 0.05) is 31.5 Å². The van der Waals surface area contributed by atoms with Crippen molar-refractivity contribution < 1.29 is 18.8 Å². The summed E-state index contributed by atoms with van der Waals surface area (Å²) < 4.78 is 16.5. The highest BCUT2D eigenvalue weighted by Crippen LogP contribution is 2.36. The van der Waals surface area contributed by atoms with Crippen LogP contribution in [0.3, 0.4) is 0 Å². The van der Waals surface area contributed by atoms with E-state index in [1.165, 1.54) is 12.8 Å². The summed E-state index contributed by atoms with van der Waals surface area (Å²) in [5.41, 5.74) is 0.758. The third-order valence-electron chi connectivity index (χ3n) is 5.48. The number of ether oxygens (including phenoxy) is 2. The molecule has 2 fully saturated rings. The van der Waals surface area contributed by atoms with Crippen LogP contribution in [-0.2, 0) is 16.0 Å². The first-order valence-corrected chi connectivity index (χ1v) is 9.56. The topological polar surface area (TPSA) is 77.7 Å². The van der Waals surface area contributed by atoms with E-state index < -0.39 is 0 Å². The van der Waals surface area contributed by atoms with E-state index in [1.54, 1.807) is 7.11 Å². The van der Waals surface area contributed by atoms with Crippen LogP contribution in [0.5, 0.6) is 5.75 Å². The molecule has 7 nitrogen and oxygen atoms in total. The summed E-state index contributed by atoms with van der Waals surface area (Å²) >= 11 is 0. The number of benzene rings is 1. The Bertz CT molecular complexity index is 781. The summed E-state index contributed by atoms with van der Waals surface area (Å²) in [7, 11) is 1.63. The maximum Gasteiger partial charge on any atom is 0.227 e. The van der Waals surface area contributed by atoms with E-state index in [0.29, 0.717) is 44.3 Å². The zero-order chi connectivity index (χ0) is 18.7. The van der Waals surface area contributed by atoms with E-state index in [2.05, 4.69) is 10.1 Å². The zero-order valence-electron chi connectivity index (χ0n) is 15.6. The van der Waals surface area contributed by atoms with Gasteiger partial charge in [-0.3, -0.25) is 4.79 Å². The van der Waals surface area contributed by atoms with Gasteiger partial charge in [-0.25, -0.2) is 0 Å². The molecule has 1 aliphatic carbocycles. The van der Waals surface area contributed by atoms with Gasteiger partial charge in [0.2, 0.25) is 17.6 Å². The Morgan fingerprint density at radius 3 is 2.78 bits per heavy atom. The minimum Gasteiger partial charge on any atom is -0.497 e. The van der Waals surface area contributed by atoms with Gasteiger partial charge in [0.1, 0.15) is 5.75 Å². The lowest BCUT2D eigenvalue weighted by molar-refractivity contribution is -0.149. The van der Waals surface area contributed by atoms with E-state index in [1.807, 2.05) is 29.2 Å². The van der Waals surface area contributed by atoms with Crippen LogP contribution in [0.25, 0.3) is 11.4 Å². The minimum atomic E-state index is -0.0973. The van der Waals surface area contributed by atoms with Crippen molar-refractivity contribution >= 4 is 5.91 Å². The molecule has 1 spiro atoms. The maximum atomic E-state index is 12.6. The lowest BCUT2D eigenvalue weighted by Gasteiger charge is -2.40. The highest BCUT2D eigenvalue weighted by molar-refractivity contribution is 5.76. The number of aryl methyl sites for hydroxylation is 1. The number of carbonyl (C=O) groups is 1. The average Bonchev–Trinajstić information content (AvgIpc) is 3.36. The molecular weight excluding hydrogens is 346 g/mol. The van der Waals surface area contributed by atoms with Crippen LogP contribution in [0.4, 0.5) is 0 Å². The summed E-state index contributed by atoms with van der Waals surface area (Å²) in [4.78, 5) is 19.0. The number of amides is 1. The summed E-state index contributed by atoms with van der Waals surface area (Å²) in [6.45, 7) is 2.02. The van der Waals surface area contributed by atoms with Crippen molar-refractivity contribution in [2.75, 3.05) is 26.8 Å². The molecule has 2 aliphatic rings. The number of hydrogen-bond acceptors (Lipinski definition) is 6. The smallest absolute Gasteiger partial charge is 0.227 e. The van der Waals surface area contributed by atoms with Crippen molar-refractivity contribution in [2.45, 2.75) is 44.1 Å². The van der Waals surface area contributed by atoms with Crippen molar-refractivity contribution in [3.8, 4) is 17.1 Å². The van der Waals surface area contributed by atoms with E-state index in [-0.39, 0.29) is 11.5 Å². The molecule has 1 aromatic carbocycles. The lowest BCUT2D eigenvalue weighted by atomic mass is 9.99. The second-order valence-electron chi connectivity index (χ2n) is 7.29. The van der Waals surface area contributed by atoms with Gasteiger partial charge < -0.3 is 18.9 Å². The SMILES string of the molecule is COc1ccc(-c2noc(CCC(=O)N3CCOC4(CCCC4)C3)n2)cc1.